The molecule has 2 fully saturated rings. The number of pyridine rings is 1. The van der Waals surface area contributed by atoms with Gasteiger partial charge in [0.05, 0.1) is 6.20 Å². The van der Waals surface area contributed by atoms with E-state index in [0.717, 1.165) is 38.3 Å². The second-order valence-corrected chi connectivity index (χ2v) is 6.00. The standard InChI is InChI=1S/C15H21FN4O/c1-19-8-9-20(13-3-2-12(16)10-18-13)11-15(19)5-4-14(21)17-7-6-15/h2-3,10H,4-9,11H2,1H3,(H,17,21). The van der Waals surface area contributed by atoms with Gasteiger partial charge in [-0.2, -0.15) is 0 Å². The lowest BCUT2D eigenvalue weighted by atomic mass is 9.86. The number of amides is 1. The number of nitrogens with zero attached hydrogens (tertiary/aromatic N) is 3. The Morgan fingerprint density at radius 3 is 2.95 bits per heavy atom. The molecule has 3 rings (SSSR count). The van der Waals surface area contributed by atoms with Crippen molar-refractivity contribution in [1.82, 2.24) is 15.2 Å². The molecular formula is C15H21FN4O. The SMILES string of the molecule is CN1CCN(c2ccc(F)cn2)CC12CCNC(=O)CC2. The van der Waals surface area contributed by atoms with Crippen molar-refractivity contribution in [2.45, 2.75) is 24.8 Å². The summed E-state index contributed by atoms with van der Waals surface area (Å²) >= 11 is 0. The fourth-order valence-corrected chi connectivity index (χ4v) is 3.35. The zero-order chi connectivity index (χ0) is 14.9. The summed E-state index contributed by atoms with van der Waals surface area (Å²) in [5.74, 6) is 0.636. The molecule has 1 spiro atoms. The van der Waals surface area contributed by atoms with Crippen LogP contribution in [0.2, 0.25) is 0 Å². The third-order valence-electron chi connectivity index (χ3n) is 4.77. The monoisotopic (exact) mass is 292 g/mol. The quantitative estimate of drug-likeness (QED) is 0.839. The van der Waals surface area contributed by atoms with E-state index < -0.39 is 0 Å². The van der Waals surface area contributed by atoms with E-state index in [4.69, 9.17) is 0 Å². The summed E-state index contributed by atoms with van der Waals surface area (Å²) in [6.07, 6.45) is 3.62. The Hall–Kier alpha value is -1.69. The number of rotatable bonds is 1. The Bertz CT molecular complexity index is 521. The first kappa shape index (κ1) is 14.3. The second-order valence-electron chi connectivity index (χ2n) is 6.00. The number of carbonyl (C=O) groups excluding carboxylic acids is 1. The van der Waals surface area contributed by atoms with E-state index in [2.05, 4.69) is 27.1 Å². The van der Waals surface area contributed by atoms with Crippen molar-refractivity contribution >= 4 is 11.7 Å². The molecule has 114 valence electrons. The number of nitrogens with one attached hydrogen (secondary N) is 1. The average molecular weight is 292 g/mol. The van der Waals surface area contributed by atoms with E-state index in [1.54, 1.807) is 6.07 Å². The molecule has 1 atom stereocenters. The van der Waals surface area contributed by atoms with Crippen LogP contribution in [0.1, 0.15) is 19.3 Å². The van der Waals surface area contributed by atoms with Crippen LogP contribution in [0, 0.1) is 5.82 Å². The van der Waals surface area contributed by atoms with Crippen LogP contribution in [-0.4, -0.2) is 54.6 Å². The Morgan fingerprint density at radius 2 is 2.19 bits per heavy atom. The lowest BCUT2D eigenvalue weighted by Gasteiger charge is -2.49. The van der Waals surface area contributed by atoms with Gasteiger partial charge in [-0.1, -0.05) is 0 Å². The molecule has 0 bridgehead atoms. The minimum absolute atomic E-state index is 0.00647. The van der Waals surface area contributed by atoms with Gasteiger partial charge < -0.3 is 10.2 Å². The van der Waals surface area contributed by atoms with Gasteiger partial charge in [-0.3, -0.25) is 9.69 Å². The van der Waals surface area contributed by atoms with Gasteiger partial charge in [0.2, 0.25) is 5.91 Å². The largest absolute Gasteiger partial charge is 0.356 e. The lowest BCUT2D eigenvalue weighted by Crippen LogP contribution is -2.61. The molecule has 6 heteroatoms. The van der Waals surface area contributed by atoms with Crippen LogP contribution in [0.5, 0.6) is 0 Å². The zero-order valence-corrected chi connectivity index (χ0v) is 12.3. The van der Waals surface area contributed by atoms with Crippen LogP contribution in [-0.2, 0) is 4.79 Å². The Morgan fingerprint density at radius 1 is 1.33 bits per heavy atom. The highest BCUT2D eigenvalue weighted by atomic mass is 19.1. The molecule has 2 saturated heterocycles. The molecule has 1 aromatic heterocycles. The highest BCUT2D eigenvalue weighted by Crippen LogP contribution is 2.31. The highest BCUT2D eigenvalue weighted by Gasteiger charge is 2.41. The smallest absolute Gasteiger partial charge is 0.220 e. The summed E-state index contributed by atoms with van der Waals surface area (Å²) in [6.45, 7) is 3.34. The molecule has 2 aliphatic rings. The maximum absolute atomic E-state index is 13.0. The van der Waals surface area contributed by atoms with E-state index in [9.17, 15) is 9.18 Å². The first-order chi connectivity index (χ1) is 10.1. The van der Waals surface area contributed by atoms with Crippen LogP contribution in [0.15, 0.2) is 18.3 Å². The van der Waals surface area contributed by atoms with Crippen LogP contribution in [0.4, 0.5) is 10.2 Å². The number of aromatic nitrogens is 1. The van der Waals surface area contributed by atoms with Crippen molar-refractivity contribution in [2.75, 3.05) is 38.1 Å². The third kappa shape index (κ3) is 2.85. The predicted octanol–water partition coefficient (Wildman–Crippen LogP) is 1.01. The van der Waals surface area contributed by atoms with Gasteiger partial charge in [0, 0.05) is 38.1 Å². The molecule has 1 amide bonds. The summed E-state index contributed by atoms with van der Waals surface area (Å²) in [7, 11) is 2.13. The van der Waals surface area contributed by atoms with Crippen LogP contribution >= 0.6 is 0 Å². The number of hydrogen-bond acceptors (Lipinski definition) is 4. The maximum atomic E-state index is 13.0. The molecule has 2 aliphatic heterocycles. The molecule has 0 radical (unpaired) electrons. The normalized spacial score (nSPS) is 27.5. The first-order valence-electron chi connectivity index (χ1n) is 7.44. The van der Waals surface area contributed by atoms with Gasteiger partial charge in [-0.25, -0.2) is 9.37 Å². The summed E-state index contributed by atoms with van der Waals surface area (Å²) in [5, 5.41) is 2.95. The molecule has 3 heterocycles. The summed E-state index contributed by atoms with van der Waals surface area (Å²) in [4.78, 5) is 20.4. The van der Waals surface area contributed by atoms with Crippen molar-refractivity contribution in [3.05, 3.63) is 24.1 Å². The van der Waals surface area contributed by atoms with Gasteiger partial charge in [0.1, 0.15) is 11.6 Å². The Kier molecular flexibility index (Phi) is 3.80. The lowest BCUT2D eigenvalue weighted by molar-refractivity contribution is -0.120. The number of carbonyl (C=O) groups is 1. The molecule has 5 nitrogen and oxygen atoms in total. The van der Waals surface area contributed by atoms with E-state index in [0.29, 0.717) is 13.0 Å². The van der Waals surface area contributed by atoms with Crippen LogP contribution in [0.25, 0.3) is 0 Å². The molecule has 1 aromatic rings. The zero-order valence-electron chi connectivity index (χ0n) is 12.3. The number of piperazine rings is 1. The summed E-state index contributed by atoms with van der Waals surface area (Å²) in [6, 6.07) is 3.18. The van der Waals surface area contributed by atoms with Gasteiger partial charge in [0.25, 0.3) is 0 Å². The van der Waals surface area contributed by atoms with Crippen molar-refractivity contribution < 1.29 is 9.18 Å². The molecule has 1 unspecified atom stereocenters. The van der Waals surface area contributed by atoms with Crippen molar-refractivity contribution in [3.8, 4) is 0 Å². The third-order valence-corrected chi connectivity index (χ3v) is 4.77. The minimum atomic E-state index is -0.313. The molecule has 0 saturated carbocycles. The van der Waals surface area contributed by atoms with E-state index in [-0.39, 0.29) is 17.3 Å². The van der Waals surface area contributed by atoms with Gasteiger partial charge >= 0.3 is 0 Å². The van der Waals surface area contributed by atoms with Crippen LogP contribution < -0.4 is 10.2 Å². The summed E-state index contributed by atoms with van der Waals surface area (Å²) < 4.78 is 13.0. The fraction of sp³-hybridized carbons (Fsp3) is 0.600. The number of anilines is 1. The second kappa shape index (κ2) is 5.60. The van der Waals surface area contributed by atoms with E-state index >= 15 is 0 Å². The van der Waals surface area contributed by atoms with Gasteiger partial charge in [-0.15, -0.1) is 0 Å². The number of hydrogen-bond donors (Lipinski definition) is 1. The topological polar surface area (TPSA) is 48.5 Å². The van der Waals surface area contributed by atoms with Crippen molar-refractivity contribution in [3.63, 3.8) is 0 Å². The van der Waals surface area contributed by atoms with Crippen molar-refractivity contribution in [2.24, 2.45) is 0 Å². The van der Waals surface area contributed by atoms with Gasteiger partial charge in [0.15, 0.2) is 0 Å². The summed E-state index contributed by atoms with van der Waals surface area (Å²) in [5.41, 5.74) is -0.00647. The predicted molar refractivity (Wildman–Crippen MR) is 78.6 cm³/mol. The van der Waals surface area contributed by atoms with E-state index in [1.165, 1.54) is 12.3 Å². The number of likely N-dealkylation sites (N-methyl/N-ethyl adjacent to an activating group) is 1. The molecular weight excluding hydrogens is 271 g/mol. The van der Waals surface area contributed by atoms with Crippen LogP contribution in [0.3, 0.4) is 0 Å². The van der Waals surface area contributed by atoms with Crippen molar-refractivity contribution in [1.29, 1.82) is 0 Å². The van der Waals surface area contributed by atoms with Gasteiger partial charge in [-0.05, 0) is 32.0 Å². The molecule has 0 aromatic carbocycles. The highest BCUT2D eigenvalue weighted by molar-refractivity contribution is 5.76. The molecule has 0 aliphatic carbocycles. The molecule has 1 N–H and O–H groups in total. The Balaban J connectivity index is 1.80. The maximum Gasteiger partial charge on any atom is 0.220 e. The fourth-order valence-electron chi connectivity index (χ4n) is 3.35. The first-order valence-corrected chi connectivity index (χ1v) is 7.44. The Labute approximate surface area is 124 Å². The minimum Gasteiger partial charge on any atom is -0.356 e. The molecule has 21 heavy (non-hydrogen) atoms. The van der Waals surface area contributed by atoms with E-state index in [1.807, 2.05) is 0 Å². The number of halogens is 1. The average Bonchev–Trinajstić information content (AvgIpc) is 2.66.